The summed E-state index contributed by atoms with van der Waals surface area (Å²) in [6, 6.07) is 9.64. The van der Waals surface area contributed by atoms with Crippen LogP contribution in [0, 0.1) is 0 Å². The standard InChI is InChI=1S/C17H24N2S/c1-2-20-12-11-19-13-14(9-10-18-15-7-8-15)16-5-3-4-6-17(16)19/h3-6,13,15,18H,2,7-12H2,1H3. The highest BCUT2D eigenvalue weighted by molar-refractivity contribution is 7.99. The summed E-state index contributed by atoms with van der Waals surface area (Å²) in [5.41, 5.74) is 2.89. The monoisotopic (exact) mass is 288 g/mol. The molecule has 0 bridgehead atoms. The van der Waals surface area contributed by atoms with Crippen LogP contribution in [-0.4, -0.2) is 28.7 Å². The van der Waals surface area contributed by atoms with Crippen LogP contribution in [0.25, 0.3) is 10.9 Å². The van der Waals surface area contributed by atoms with Gasteiger partial charge in [0.1, 0.15) is 0 Å². The summed E-state index contributed by atoms with van der Waals surface area (Å²) in [7, 11) is 0. The molecular weight excluding hydrogens is 264 g/mol. The van der Waals surface area contributed by atoms with Gasteiger partial charge in [0.2, 0.25) is 0 Å². The highest BCUT2D eigenvalue weighted by Gasteiger charge is 2.19. The molecule has 3 heteroatoms. The Morgan fingerprint density at radius 2 is 2.15 bits per heavy atom. The fourth-order valence-electron chi connectivity index (χ4n) is 2.71. The molecule has 20 heavy (non-hydrogen) atoms. The Bertz CT molecular complexity index is 557. The Morgan fingerprint density at radius 1 is 1.30 bits per heavy atom. The summed E-state index contributed by atoms with van der Waals surface area (Å²) in [6.45, 7) is 4.46. The molecule has 0 saturated heterocycles. The summed E-state index contributed by atoms with van der Waals surface area (Å²) >= 11 is 2.02. The lowest BCUT2D eigenvalue weighted by Crippen LogP contribution is -2.19. The number of aromatic nitrogens is 1. The molecule has 1 aromatic carbocycles. The molecule has 2 nitrogen and oxygen atoms in total. The van der Waals surface area contributed by atoms with Gasteiger partial charge in [-0.25, -0.2) is 0 Å². The van der Waals surface area contributed by atoms with Crippen LogP contribution in [0.15, 0.2) is 30.5 Å². The Hall–Kier alpha value is -0.930. The first-order valence-corrected chi connectivity index (χ1v) is 8.92. The quantitative estimate of drug-likeness (QED) is 0.746. The second-order valence-electron chi connectivity index (χ2n) is 5.54. The number of rotatable bonds is 8. The summed E-state index contributed by atoms with van der Waals surface area (Å²) in [5, 5.41) is 5.05. The van der Waals surface area contributed by atoms with Crippen molar-refractivity contribution >= 4 is 22.7 Å². The van der Waals surface area contributed by atoms with E-state index < -0.39 is 0 Å². The molecule has 3 rings (SSSR count). The van der Waals surface area contributed by atoms with Gasteiger partial charge in [0.15, 0.2) is 0 Å². The lowest BCUT2D eigenvalue weighted by Gasteiger charge is -2.03. The number of nitrogens with one attached hydrogen (secondary N) is 1. The van der Waals surface area contributed by atoms with Crippen molar-refractivity contribution < 1.29 is 0 Å². The highest BCUT2D eigenvalue weighted by atomic mass is 32.2. The number of fused-ring (bicyclic) bond motifs is 1. The number of aryl methyl sites for hydroxylation is 1. The molecule has 1 aliphatic rings. The molecule has 0 radical (unpaired) electrons. The Kier molecular flexibility index (Phi) is 4.69. The van der Waals surface area contributed by atoms with E-state index in [9.17, 15) is 0 Å². The molecule has 108 valence electrons. The largest absolute Gasteiger partial charge is 0.346 e. The number of hydrogen-bond acceptors (Lipinski definition) is 2. The van der Waals surface area contributed by atoms with Crippen LogP contribution in [0.1, 0.15) is 25.3 Å². The lowest BCUT2D eigenvalue weighted by molar-refractivity contribution is 0.681. The first kappa shape index (κ1) is 14.0. The molecule has 0 amide bonds. The van der Waals surface area contributed by atoms with E-state index in [1.54, 1.807) is 0 Å². The second kappa shape index (κ2) is 6.68. The van der Waals surface area contributed by atoms with Crippen molar-refractivity contribution in [2.75, 3.05) is 18.1 Å². The first-order chi connectivity index (χ1) is 9.88. The minimum Gasteiger partial charge on any atom is -0.346 e. The molecule has 0 aliphatic heterocycles. The third-order valence-corrected chi connectivity index (χ3v) is 4.84. The normalized spacial score (nSPS) is 15.1. The number of hydrogen-bond donors (Lipinski definition) is 1. The average molecular weight is 288 g/mol. The maximum Gasteiger partial charge on any atom is 0.0483 e. The fraction of sp³-hybridized carbons (Fsp3) is 0.529. The minimum absolute atomic E-state index is 0.810. The SMILES string of the molecule is CCSCCn1cc(CCNC2CC2)c2ccccc21. The number of nitrogens with zero attached hydrogens (tertiary/aromatic N) is 1. The lowest BCUT2D eigenvalue weighted by atomic mass is 10.1. The topological polar surface area (TPSA) is 17.0 Å². The van der Waals surface area contributed by atoms with Crippen LogP contribution >= 0.6 is 11.8 Å². The first-order valence-electron chi connectivity index (χ1n) is 7.76. The van der Waals surface area contributed by atoms with Gasteiger partial charge in [-0.15, -0.1) is 0 Å². The van der Waals surface area contributed by atoms with E-state index >= 15 is 0 Å². The van der Waals surface area contributed by atoms with Gasteiger partial charge in [-0.05, 0) is 43.2 Å². The zero-order valence-corrected chi connectivity index (χ0v) is 13.1. The molecule has 1 saturated carbocycles. The van der Waals surface area contributed by atoms with Crippen molar-refractivity contribution in [1.82, 2.24) is 9.88 Å². The molecular formula is C17H24N2S. The molecule has 0 unspecified atom stereocenters. The van der Waals surface area contributed by atoms with Crippen LogP contribution in [0.3, 0.4) is 0 Å². The van der Waals surface area contributed by atoms with Crippen molar-refractivity contribution in [3.05, 3.63) is 36.0 Å². The van der Waals surface area contributed by atoms with Crippen LogP contribution < -0.4 is 5.32 Å². The van der Waals surface area contributed by atoms with E-state index in [4.69, 9.17) is 0 Å². The van der Waals surface area contributed by atoms with Gasteiger partial charge in [-0.2, -0.15) is 11.8 Å². The predicted octanol–water partition coefficient (Wildman–Crippen LogP) is 3.69. The molecule has 2 aromatic rings. The third-order valence-electron chi connectivity index (χ3n) is 3.96. The van der Waals surface area contributed by atoms with Crippen LogP contribution in [0.2, 0.25) is 0 Å². The van der Waals surface area contributed by atoms with Gasteiger partial charge in [-0.1, -0.05) is 25.1 Å². The zero-order valence-electron chi connectivity index (χ0n) is 12.3. The second-order valence-corrected chi connectivity index (χ2v) is 6.93. The van der Waals surface area contributed by atoms with Gasteiger partial charge in [0.25, 0.3) is 0 Å². The molecule has 1 fully saturated rings. The summed E-state index contributed by atoms with van der Waals surface area (Å²) in [4.78, 5) is 0. The van der Waals surface area contributed by atoms with Gasteiger partial charge in [-0.3, -0.25) is 0 Å². The van der Waals surface area contributed by atoms with Gasteiger partial charge < -0.3 is 9.88 Å². The molecule has 1 heterocycles. The molecule has 1 aromatic heterocycles. The fourth-order valence-corrected chi connectivity index (χ4v) is 3.33. The van der Waals surface area contributed by atoms with Crippen molar-refractivity contribution in [2.45, 2.75) is 38.8 Å². The zero-order chi connectivity index (χ0) is 13.8. The van der Waals surface area contributed by atoms with Crippen molar-refractivity contribution in [1.29, 1.82) is 0 Å². The van der Waals surface area contributed by atoms with Gasteiger partial charge in [0.05, 0.1) is 0 Å². The molecule has 1 N–H and O–H groups in total. The Balaban J connectivity index is 1.72. The average Bonchev–Trinajstić information content (AvgIpc) is 3.23. The number of thioether (sulfide) groups is 1. The summed E-state index contributed by atoms with van der Waals surface area (Å²) in [6.07, 6.45) is 6.26. The van der Waals surface area contributed by atoms with E-state index in [0.29, 0.717) is 0 Å². The van der Waals surface area contributed by atoms with E-state index in [2.05, 4.69) is 47.3 Å². The van der Waals surface area contributed by atoms with Gasteiger partial charge >= 0.3 is 0 Å². The highest BCUT2D eigenvalue weighted by Crippen LogP contribution is 2.23. The van der Waals surface area contributed by atoms with E-state index in [1.165, 1.54) is 40.8 Å². The van der Waals surface area contributed by atoms with Gasteiger partial charge in [0, 0.05) is 35.4 Å². The number of benzene rings is 1. The third kappa shape index (κ3) is 3.39. The Morgan fingerprint density at radius 3 is 2.95 bits per heavy atom. The van der Waals surface area contributed by atoms with Crippen LogP contribution in [0.4, 0.5) is 0 Å². The smallest absolute Gasteiger partial charge is 0.0483 e. The van der Waals surface area contributed by atoms with E-state index in [0.717, 1.165) is 25.6 Å². The van der Waals surface area contributed by atoms with Crippen LogP contribution in [0.5, 0.6) is 0 Å². The molecule has 0 spiro atoms. The van der Waals surface area contributed by atoms with Crippen LogP contribution in [-0.2, 0) is 13.0 Å². The van der Waals surface area contributed by atoms with Crippen molar-refractivity contribution in [2.24, 2.45) is 0 Å². The Labute approximate surface area is 125 Å². The minimum atomic E-state index is 0.810. The summed E-state index contributed by atoms with van der Waals surface area (Å²) in [5.74, 6) is 2.41. The molecule has 0 atom stereocenters. The van der Waals surface area contributed by atoms with E-state index in [1.807, 2.05) is 11.8 Å². The van der Waals surface area contributed by atoms with Crippen molar-refractivity contribution in [3.63, 3.8) is 0 Å². The maximum atomic E-state index is 3.62. The van der Waals surface area contributed by atoms with E-state index in [-0.39, 0.29) is 0 Å². The van der Waals surface area contributed by atoms with Crippen molar-refractivity contribution in [3.8, 4) is 0 Å². The predicted molar refractivity (Wildman–Crippen MR) is 89.7 cm³/mol. The maximum absolute atomic E-state index is 3.62. The summed E-state index contributed by atoms with van der Waals surface area (Å²) < 4.78 is 2.43. The molecule has 1 aliphatic carbocycles. The number of para-hydroxylation sites is 1.